The van der Waals surface area contributed by atoms with Gasteiger partial charge >= 0.3 is 5.97 Å². The third-order valence-corrected chi connectivity index (χ3v) is 3.91. The van der Waals surface area contributed by atoms with E-state index in [9.17, 15) is 4.79 Å². The molecular formula is C10H13NO2S. The number of carboxylic acid groups (broad SMARTS) is 1. The Morgan fingerprint density at radius 1 is 1.71 bits per heavy atom. The summed E-state index contributed by atoms with van der Waals surface area (Å²) in [6.45, 7) is 2.19. The molecule has 3 nitrogen and oxygen atoms in total. The summed E-state index contributed by atoms with van der Waals surface area (Å²) in [7, 11) is 0. The lowest BCUT2D eigenvalue weighted by Crippen LogP contribution is -2.14. The van der Waals surface area contributed by atoms with Crippen molar-refractivity contribution >= 4 is 17.7 Å². The second kappa shape index (κ2) is 3.69. The Morgan fingerprint density at radius 2 is 2.50 bits per heavy atom. The standard InChI is InChI=1S/C10H13NO2S/c1-7-5-8(6-14-7)11-4-2-3-9(11)10(12)13/h2-4,7-8H,5-6H2,1H3,(H,12,13). The number of nitrogens with zero attached hydrogens (tertiary/aromatic N) is 1. The van der Waals surface area contributed by atoms with Gasteiger partial charge in [0, 0.05) is 23.2 Å². The van der Waals surface area contributed by atoms with E-state index in [-0.39, 0.29) is 0 Å². The van der Waals surface area contributed by atoms with Crippen LogP contribution in [0.5, 0.6) is 0 Å². The topological polar surface area (TPSA) is 42.2 Å². The molecule has 1 aromatic rings. The molecule has 0 aromatic carbocycles. The lowest BCUT2D eigenvalue weighted by molar-refractivity contribution is 0.0683. The number of hydrogen-bond acceptors (Lipinski definition) is 2. The van der Waals surface area contributed by atoms with E-state index < -0.39 is 5.97 Å². The quantitative estimate of drug-likeness (QED) is 0.815. The van der Waals surface area contributed by atoms with Crippen molar-refractivity contribution in [2.75, 3.05) is 5.75 Å². The summed E-state index contributed by atoms with van der Waals surface area (Å²) in [5, 5.41) is 9.60. The van der Waals surface area contributed by atoms with Gasteiger partial charge in [0.25, 0.3) is 0 Å². The van der Waals surface area contributed by atoms with Gasteiger partial charge in [0.2, 0.25) is 0 Å². The lowest BCUT2D eigenvalue weighted by Gasteiger charge is -2.13. The maximum Gasteiger partial charge on any atom is 0.352 e. The summed E-state index contributed by atoms with van der Waals surface area (Å²) in [6.07, 6.45) is 2.94. The Balaban J connectivity index is 2.23. The van der Waals surface area contributed by atoms with E-state index in [4.69, 9.17) is 5.11 Å². The molecule has 0 aliphatic carbocycles. The van der Waals surface area contributed by atoms with Crippen LogP contribution in [0.2, 0.25) is 0 Å². The summed E-state index contributed by atoms with van der Waals surface area (Å²) in [4.78, 5) is 10.9. The Kier molecular flexibility index (Phi) is 2.54. The van der Waals surface area contributed by atoms with Crippen molar-refractivity contribution in [3.63, 3.8) is 0 Å². The van der Waals surface area contributed by atoms with Crippen LogP contribution in [0, 0.1) is 0 Å². The molecule has 2 atom stereocenters. The predicted octanol–water partition coefficient (Wildman–Crippen LogP) is 2.25. The van der Waals surface area contributed by atoms with E-state index in [0.29, 0.717) is 17.0 Å². The van der Waals surface area contributed by atoms with E-state index in [1.807, 2.05) is 22.5 Å². The van der Waals surface area contributed by atoms with Gasteiger partial charge in [-0.2, -0.15) is 11.8 Å². The van der Waals surface area contributed by atoms with Crippen molar-refractivity contribution in [1.29, 1.82) is 0 Å². The minimum atomic E-state index is -0.834. The average Bonchev–Trinajstić information content (AvgIpc) is 2.70. The molecule has 1 aliphatic heterocycles. The fraction of sp³-hybridized carbons (Fsp3) is 0.500. The predicted molar refractivity (Wildman–Crippen MR) is 57.0 cm³/mol. The number of carboxylic acids is 1. The van der Waals surface area contributed by atoms with E-state index >= 15 is 0 Å². The highest BCUT2D eigenvalue weighted by atomic mass is 32.2. The average molecular weight is 211 g/mol. The smallest absolute Gasteiger partial charge is 0.352 e. The van der Waals surface area contributed by atoms with Crippen LogP contribution in [0.3, 0.4) is 0 Å². The van der Waals surface area contributed by atoms with Crippen LogP contribution in [0.25, 0.3) is 0 Å². The van der Waals surface area contributed by atoms with E-state index in [2.05, 4.69) is 6.92 Å². The molecule has 2 heterocycles. The fourth-order valence-electron chi connectivity index (χ4n) is 1.88. The fourth-order valence-corrected chi connectivity index (χ4v) is 3.09. The SMILES string of the molecule is CC1CC(n2cccc2C(=O)O)CS1. The van der Waals surface area contributed by atoms with Gasteiger partial charge in [0.1, 0.15) is 5.69 Å². The van der Waals surface area contributed by atoms with Gasteiger partial charge < -0.3 is 9.67 Å². The van der Waals surface area contributed by atoms with Crippen molar-refractivity contribution in [3.8, 4) is 0 Å². The minimum Gasteiger partial charge on any atom is -0.477 e. The van der Waals surface area contributed by atoms with Crippen molar-refractivity contribution < 1.29 is 9.90 Å². The summed E-state index contributed by atoms with van der Waals surface area (Å²) < 4.78 is 1.89. The first-order chi connectivity index (χ1) is 6.68. The highest BCUT2D eigenvalue weighted by Gasteiger charge is 2.25. The van der Waals surface area contributed by atoms with Crippen LogP contribution >= 0.6 is 11.8 Å². The molecule has 2 rings (SSSR count). The van der Waals surface area contributed by atoms with Gasteiger partial charge in [0.05, 0.1) is 0 Å². The van der Waals surface area contributed by atoms with Gasteiger partial charge in [-0.15, -0.1) is 0 Å². The lowest BCUT2D eigenvalue weighted by atomic mass is 10.2. The molecule has 0 spiro atoms. The molecule has 1 aliphatic rings. The summed E-state index contributed by atoms with van der Waals surface area (Å²) in [5.41, 5.74) is 0.407. The van der Waals surface area contributed by atoms with Gasteiger partial charge in [-0.1, -0.05) is 6.92 Å². The maximum atomic E-state index is 10.9. The molecule has 1 N–H and O–H groups in total. The third-order valence-electron chi connectivity index (χ3n) is 2.57. The zero-order chi connectivity index (χ0) is 10.1. The van der Waals surface area contributed by atoms with Gasteiger partial charge in [-0.25, -0.2) is 4.79 Å². The number of carbonyl (C=O) groups is 1. The molecule has 2 unspecified atom stereocenters. The zero-order valence-electron chi connectivity index (χ0n) is 8.01. The molecule has 0 amide bonds. The molecule has 4 heteroatoms. The molecule has 0 radical (unpaired) electrons. The highest BCUT2D eigenvalue weighted by Crippen LogP contribution is 2.34. The molecule has 0 bridgehead atoms. The van der Waals surface area contributed by atoms with Crippen molar-refractivity contribution in [2.24, 2.45) is 0 Å². The first kappa shape index (κ1) is 9.65. The molecule has 1 saturated heterocycles. The molecule has 76 valence electrons. The van der Waals surface area contributed by atoms with Gasteiger partial charge in [-0.3, -0.25) is 0 Å². The van der Waals surface area contributed by atoms with Crippen LogP contribution in [0.4, 0.5) is 0 Å². The summed E-state index contributed by atoms with van der Waals surface area (Å²) in [6, 6.07) is 3.82. The van der Waals surface area contributed by atoms with Crippen molar-refractivity contribution in [3.05, 3.63) is 24.0 Å². The molecule has 0 saturated carbocycles. The summed E-state index contributed by atoms with van der Waals surface area (Å²) >= 11 is 1.91. The third kappa shape index (κ3) is 1.66. The zero-order valence-corrected chi connectivity index (χ0v) is 8.83. The molecule has 14 heavy (non-hydrogen) atoms. The maximum absolute atomic E-state index is 10.9. The first-order valence-corrected chi connectivity index (χ1v) is 5.75. The first-order valence-electron chi connectivity index (χ1n) is 4.70. The minimum absolute atomic E-state index is 0.357. The van der Waals surface area contributed by atoms with Crippen molar-refractivity contribution in [1.82, 2.24) is 4.57 Å². The van der Waals surface area contributed by atoms with Crippen LogP contribution in [-0.2, 0) is 0 Å². The van der Waals surface area contributed by atoms with E-state index in [0.717, 1.165) is 12.2 Å². The normalized spacial score (nSPS) is 26.6. The van der Waals surface area contributed by atoms with Crippen LogP contribution in [0.15, 0.2) is 18.3 Å². The number of thioether (sulfide) groups is 1. The molecule has 1 fully saturated rings. The van der Waals surface area contributed by atoms with E-state index in [1.165, 1.54) is 0 Å². The number of rotatable bonds is 2. The highest BCUT2D eigenvalue weighted by molar-refractivity contribution is 8.00. The number of hydrogen-bond donors (Lipinski definition) is 1. The Morgan fingerprint density at radius 3 is 3.07 bits per heavy atom. The number of aromatic nitrogens is 1. The van der Waals surface area contributed by atoms with Crippen LogP contribution < -0.4 is 0 Å². The monoisotopic (exact) mass is 211 g/mol. The van der Waals surface area contributed by atoms with Crippen LogP contribution in [0.1, 0.15) is 29.9 Å². The molecular weight excluding hydrogens is 198 g/mol. The Hall–Kier alpha value is -0.900. The van der Waals surface area contributed by atoms with E-state index in [1.54, 1.807) is 12.1 Å². The Labute approximate surface area is 87.1 Å². The van der Waals surface area contributed by atoms with Crippen LogP contribution in [-0.4, -0.2) is 26.6 Å². The number of aromatic carboxylic acids is 1. The van der Waals surface area contributed by atoms with Crippen molar-refractivity contribution in [2.45, 2.75) is 24.6 Å². The second-order valence-electron chi connectivity index (χ2n) is 3.64. The largest absolute Gasteiger partial charge is 0.477 e. The van der Waals surface area contributed by atoms with Gasteiger partial charge in [-0.05, 0) is 18.6 Å². The molecule has 1 aromatic heterocycles. The second-order valence-corrected chi connectivity index (χ2v) is 5.11. The van der Waals surface area contributed by atoms with Gasteiger partial charge in [0.15, 0.2) is 0 Å². The summed E-state index contributed by atoms with van der Waals surface area (Å²) in [5.74, 6) is 0.190. The Bertz CT molecular complexity index is 348.